The monoisotopic (exact) mass is 539 g/mol. The molecule has 0 spiro atoms. The van der Waals surface area contributed by atoms with Crippen molar-refractivity contribution >= 4 is 0 Å². The lowest BCUT2D eigenvalue weighted by Gasteiger charge is -2.50. The van der Waals surface area contributed by atoms with Gasteiger partial charge in [0.1, 0.15) is 5.75 Å². The zero-order valence-electron chi connectivity index (χ0n) is 27.2. The zero-order valence-corrected chi connectivity index (χ0v) is 27.2. The van der Waals surface area contributed by atoms with Crippen molar-refractivity contribution in [3.05, 3.63) is 28.8 Å². The Morgan fingerprint density at radius 2 is 1.08 bits per heavy atom. The predicted molar refractivity (Wildman–Crippen MR) is 166 cm³/mol. The molecule has 4 rings (SSSR count). The molecule has 0 radical (unpaired) electrons. The van der Waals surface area contributed by atoms with Gasteiger partial charge in [-0.15, -0.1) is 0 Å². The third-order valence-electron chi connectivity index (χ3n) is 10.4. The van der Waals surface area contributed by atoms with Crippen molar-refractivity contribution in [2.75, 3.05) is 0 Å². The topological polar surface area (TPSA) is 41.5 Å². The molecular formula is C36H61NO2. The highest BCUT2D eigenvalue weighted by Gasteiger charge is 2.42. The van der Waals surface area contributed by atoms with Crippen LogP contribution in [0.15, 0.2) is 12.1 Å². The fraction of sp³-hybridized carbons (Fsp3) is 0.833. The Labute approximate surface area is 241 Å². The summed E-state index contributed by atoms with van der Waals surface area (Å²) in [6, 6.07) is 4.36. The Morgan fingerprint density at radius 3 is 1.49 bits per heavy atom. The summed E-state index contributed by atoms with van der Waals surface area (Å²) in [4.78, 5) is 0. The average Bonchev–Trinajstić information content (AvgIpc) is 2.80. The highest BCUT2D eigenvalue weighted by atomic mass is 16.5. The molecule has 3 heteroatoms. The second-order valence-corrected chi connectivity index (χ2v) is 17.1. The van der Waals surface area contributed by atoms with Crippen LogP contribution < -0.4 is 5.32 Å². The van der Waals surface area contributed by atoms with Gasteiger partial charge < -0.3 is 15.2 Å². The van der Waals surface area contributed by atoms with Crippen LogP contribution in [0.3, 0.4) is 0 Å². The van der Waals surface area contributed by atoms with Crippen LogP contribution >= 0.6 is 0 Å². The van der Waals surface area contributed by atoms with E-state index in [-0.39, 0.29) is 21.9 Å². The molecule has 2 N–H and O–H groups in total. The standard InChI is InChI=1S/C36H61NO2/c1-33(2,3)30-19-24(20-31(32(30)38)34(4,5)6)23-39-29-17-15-26(16-18-29)25-11-13-27(14-12-25)28-21-35(7,8)37-36(9,10)22-28/h19-20,25-29,37-38H,11-18,21-23H2,1-10H3. The number of phenolic OH excluding ortho intramolecular Hbond substituents is 1. The van der Waals surface area contributed by atoms with Crippen LogP contribution in [0.2, 0.25) is 0 Å². The van der Waals surface area contributed by atoms with Crippen LogP contribution in [0.5, 0.6) is 5.75 Å². The van der Waals surface area contributed by atoms with Crippen LogP contribution in [0.25, 0.3) is 0 Å². The van der Waals surface area contributed by atoms with Crippen molar-refractivity contribution < 1.29 is 9.84 Å². The predicted octanol–water partition coefficient (Wildman–Crippen LogP) is 9.43. The minimum atomic E-state index is -0.0998. The number of nitrogens with one attached hydrogen (secondary N) is 1. The van der Waals surface area contributed by atoms with Crippen LogP contribution in [-0.2, 0) is 22.2 Å². The summed E-state index contributed by atoms with van der Waals surface area (Å²) in [7, 11) is 0. The fourth-order valence-electron chi connectivity index (χ4n) is 8.68. The Hall–Kier alpha value is -1.06. The van der Waals surface area contributed by atoms with Gasteiger partial charge in [0.25, 0.3) is 0 Å². The SMILES string of the molecule is CC1(C)CC(C2CCC(C3CCC(OCc4cc(C(C)(C)C)c(O)c(C(C)(C)C)c4)CC3)CC2)CC(C)(C)N1. The lowest BCUT2D eigenvalue weighted by atomic mass is 9.63. The Balaban J connectivity index is 1.27. The summed E-state index contributed by atoms with van der Waals surface area (Å²) >= 11 is 0. The van der Waals surface area contributed by atoms with Crippen molar-refractivity contribution in [3.63, 3.8) is 0 Å². The maximum Gasteiger partial charge on any atom is 0.123 e. The van der Waals surface area contributed by atoms with Gasteiger partial charge >= 0.3 is 0 Å². The van der Waals surface area contributed by atoms with Gasteiger partial charge in [0, 0.05) is 11.1 Å². The molecule has 1 aromatic carbocycles. The molecule has 0 amide bonds. The highest BCUT2D eigenvalue weighted by molar-refractivity contribution is 5.49. The summed E-state index contributed by atoms with van der Waals surface area (Å²) in [5.74, 6) is 4.12. The maximum atomic E-state index is 11.0. The first-order chi connectivity index (χ1) is 17.9. The van der Waals surface area contributed by atoms with Gasteiger partial charge in [-0.25, -0.2) is 0 Å². The molecule has 0 aromatic heterocycles. The van der Waals surface area contributed by atoms with Gasteiger partial charge in [-0.1, -0.05) is 41.5 Å². The largest absolute Gasteiger partial charge is 0.507 e. The van der Waals surface area contributed by atoms with Crippen molar-refractivity contribution in [3.8, 4) is 5.75 Å². The van der Waals surface area contributed by atoms with Crippen molar-refractivity contribution in [2.45, 2.75) is 168 Å². The van der Waals surface area contributed by atoms with E-state index in [1.54, 1.807) is 0 Å². The number of hydrogen-bond donors (Lipinski definition) is 2. The number of rotatable bonds is 5. The van der Waals surface area contributed by atoms with Crippen LogP contribution in [0, 0.1) is 23.7 Å². The summed E-state index contributed by atoms with van der Waals surface area (Å²) in [6.07, 6.45) is 13.9. The summed E-state index contributed by atoms with van der Waals surface area (Å²) in [6.45, 7) is 23.4. The zero-order chi connectivity index (χ0) is 28.8. The van der Waals surface area contributed by atoms with Gasteiger partial charge in [-0.2, -0.15) is 0 Å². The molecule has 3 aliphatic rings. The number of ether oxygens (including phenoxy) is 1. The van der Waals surface area contributed by atoms with E-state index in [4.69, 9.17) is 4.74 Å². The van der Waals surface area contributed by atoms with E-state index < -0.39 is 0 Å². The molecular weight excluding hydrogens is 478 g/mol. The number of aromatic hydroxyl groups is 1. The molecule has 222 valence electrons. The first-order valence-corrected chi connectivity index (χ1v) is 16.2. The maximum absolute atomic E-state index is 11.0. The Morgan fingerprint density at radius 1 is 0.692 bits per heavy atom. The minimum Gasteiger partial charge on any atom is -0.507 e. The second-order valence-electron chi connectivity index (χ2n) is 17.1. The van der Waals surface area contributed by atoms with E-state index in [0.717, 1.165) is 34.8 Å². The van der Waals surface area contributed by atoms with Crippen LogP contribution in [-0.4, -0.2) is 22.3 Å². The normalized spacial score (nSPS) is 30.3. The Bertz CT molecular complexity index is 912. The summed E-state index contributed by atoms with van der Waals surface area (Å²) in [5, 5.41) is 14.9. The van der Waals surface area contributed by atoms with E-state index in [9.17, 15) is 5.11 Å². The van der Waals surface area contributed by atoms with E-state index in [2.05, 4.69) is 86.7 Å². The smallest absolute Gasteiger partial charge is 0.123 e. The third kappa shape index (κ3) is 7.82. The van der Waals surface area contributed by atoms with Gasteiger partial charge in [0.2, 0.25) is 0 Å². The lowest BCUT2D eigenvalue weighted by Crippen LogP contribution is -2.58. The molecule has 1 aromatic rings. The van der Waals surface area contributed by atoms with Crippen LogP contribution in [0.4, 0.5) is 0 Å². The molecule has 3 fully saturated rings. The van der Waals surface area contributed by atoms with E-state index in [1.807, 2.05) is 0 Å². The number of benzene rings is 1. The first-order valence-electron chi connectivity index (χ1n) is 16.2. The fourth-order valence-corrected chi connectivity index (χ4v) is 8.68. The first kappa shape index (κ1) is 30.9. The number of phenols is 1. The quantitative estimate of drug-likeness (QED) is 0.391. The molecule has 2 saturated carbocycles. The van der Waals surface area contributed by atoms with E-state index in [0.29, 0.717) is 18.5 Å². The molecule has 0 atom stereocenters. The van der Waals surface area contributed by atoms with Gasteiger partial charge in [-0.05, 0) is 155 Å². The average molecular weight is 540 g/mol. The van der Waals surface area contributed by atoms with Gasteiger partial charge in [0.15, 0.2) is 0 Å². The number of piperidine rings is 1. The molecule has 0 unspecified atom stereocenters. The molecule has 2 aliphatic carbocycles. The van der Waals surface area contributed by atoms with Crippen LogP contribution in [0.1, 0.15) is 150 Å². The van der Waals surface area contributed by atoms with Crippen molar-refractivity contribution in [2.24, 2.45) is 23.7 Å². The molecule has 1 saturated heterocycles. The lowest BCUT2D eigenvalue weighted by molar-refractivity contribution is -0.00539. The second kappa shape index (κ2) is 11.3. The molecule has 1 aliphatic heterocycles. The Kier molecular flexibility index (Phi) is 8.96. The van der Waals surface area contributed by atoms with E-state index >= 15 is 0 Å². The summed E-state index contributed by atoms with van der Waals surface area (Å²) < 4.78 is 6.53. The molecule has 3 nitrogen and oxygen atoms in total. The highest BCUT2D eigenvalue weighted by Crippen LogP contribution is 2.47. The van der Waals surface area contributed by atoms with Crippen molar-refractivity contribution in [1.82, 2.24) is 5.32 Å². The number of hydrogen-bond acceptors (Lipinski definition) is 3. The molecule has 39 heavy (non-hydrogen) atoms. The minimum absolute atomic E-state index is 0.0998. The summed E-state index contributed by atoms with van der Waals surface area (Å²) in [5.41, 5.74) is 3.60. The molecule has 1 heterocycles. The molecule has 0 bridgehead atoms. The van der Waals surface area contributed by atoms with Gasteiger partial charge in [-0.3, -0.25) is 0 Å². The van der Waals surface area contributed by atoms with Gasteiger partial charge in [0.05, 0.1) is 12.7 Å². The van der Waals surface area contributed by atoms with E-state index in [1.165, 1.54) is 69.8 Å². The van der Waals surface area contributed by atoms with Crippen molar-refractivity contribution in [1.29, 1.82) is 0 Å². The third-order valence-corrected chi connectivity index (χ3v) is 10.4.